The van der Waals surface area contributed by atoms with Crippen molar-refractivity contribution in [3.63, 3.8) is 0 Å². The Bertz CT molecular complexity index is 435. The summed E-state index contributed by atoms with van der Waals surface area (Å²) in [5, 5.41) is 0.229. The van der Waals surface area contributed by atoms with E-state index in [-0.39, 0.29) is 5.04 Å². The molecule has 2 heteroatoms. The molecule has 1 aromatic carbocycles. The summed E-state index contributed by atoms with van der Waals surface area (Å²) in [6.07, 6.45) is 0. The number of allylic oxidation sites excluding steroid dienone is 1. The first-order chi connectivity index (χ1) is 8.54. The number of hydrogen-bond acceptors (Lipinski definition) is 1. The van der Waals surface area contributed by atoms with Crippen LogP contribution in [0.1, 0.15) is 40.2 Å². The SMILES string of the molecule is C=C(c1ccc(O[Si](C)(C)C(C)(C)C)cc1)C(C)C. The van der Waals surface area contributed by atoms with Crippen LogP contribution in [0.4, 0.5) is 0 Å². The standard InChI is InChI=1S/C17H28OSi/c1-13(2)14(3)15-9-11-16(12-10-15)18-19(7,8)17(4,5)6/h9-13H,3H2,1-2,4-8H3. The van der Waals surface area contributed by atoms with Crippen LogP contribution < -0.4 is 4.43 Å². The van der Waals surface area contributed by atoms with Gasteiger partial charge in [0.25, 0.3) is 0 Å². The van der Waals surface area contributed by atoms with Gasteiger partial charge in [0.1, 0.15) is 5.75 Å². The summed E-state index contributed by atoms with van der Waals surface area (Å²) in [5.74, 6) is 1.46. The quantitative estimate of drug-likeness (QED) is 0.637. The van der Waals surface area contributed by atoms with E-state index < -0.39 is 8.32 Å². The summed E-state index contributed by atoms with van der Waals surface area (Å²) >= 11 is 0. The van der Waals surface area contributed by atoms with Crippen molar-refractivity contribution in [2.24, 2.45) is 5.92 Å². The average molecular weight is 276 g/mol. The zero-order valence-corrected chi connectivity index (χ0v) is 14.5. The Morgan fingerprint density at radius 3 is 1.95 bits per heavy atom. The zero-order valence-electron chi connectivity index (χ0n) is 13.5. The molecule has 1 aromatic rings. The zero-order chi connectivity index (χ0) is 14.8. The lowest BCUT2D eigenvalue weighted by atomic mass is 9.97. The highest BCUT2D eigenvalue weighted by molar-refractivity contribution is 6.74. The lowest BCUT2D eigenvalue weighted by Crippen LogP contribution is -2.43. The van der Waals surface area contributed by atoms with E-state index in [0.717, 1.165) is 5.75 Å². The fourth-order valence-electron chi connectivity index (χ4n) is 1.52. The molecule has 106 valence electrons. The Balaban J connectivity index is 2.87. The number of benzene rings is 1. The monoisotopic (exact) mass is 276 g/mol. The van der Waals surface area contributed by atoms with Gasteiger partial charge in [-0.2, -0.15) is 0 Å². The molecule has 1 rings (SSSR count). The summed E-state index contributed by atoms with van der Waals surface area (Å²) < 4.78 is 6.27. The topological polar surface area (TPSA) is 9.23 Å². The van der Waals surface area contributed by atoms with Crippen molar-refractivity contribution >= 4 is 13.9 Å². The Kier molecular flexibility index (Phi) is 4.67. The van der Waals surface area contributed by atoms with Gasteiger partial charge in [-0.1, -0.05) is 53.3 Å². The molecule has 1 nitrogen and oxygen atoms in total. The van der Waals surface area contributed by atoms with Crippen molar-refractivity contribution in [3.8, 4) is 5.75 Å². The van der Waals surface area contributed by atoms with Gasteiger partial charge in [-0.3, -0.25) is 0 Å². The summed E-state index contributed by atoms with van der Waals surface area (Å²) in [6, 6.07) is 8.38. The maximum atomic E-state index is 6.27. The smallest absolute Gasteiger partial charge is 0.250 e. The van der Waals surface area contributed by atoms with Crippen LogP contribution in [-0.4, -0.2) is 8.32 Å². The van der Waals surface area contributed by atoms with Crippen molar-refractivity contribution in [1.29, 1.82) is 0 Å². The van der Waals surface area contributed by atoms with Crippen LogP contribution >= 0.6 is 0 Å². The molecule has 0 atom stereocenters. The van der Waals surface area contributed by atoms with E-state index in [2.05, 4.69) is 78.6 Å². The molecular formula is C17H28OSi. The van der Waals surface area contributed by atoms with Gasteiger partial charge in [-0.15, -0.1) is 0 Å². The molecule has 0 N–H and O–H groups in total. The fraction of sp³-hybridized carbons (Fsp3) is 0.529. The summed E-state index contributed by atoms with van der Waals surface area (Å²) in [6.45, 7) is 19.8. The highest BCUT2D eigenvalue weighted by Crippen LogP contribution is 2.37. The lowest BCUT2D eigenvalue weighted by molar-refractivity contribution is 0.492. The molecule has 0 aliphatic carbocycles. The number of hydrogen-bond donors (Lipinski definition) is 0. The van der Waals surface area contributed by atoms with Crippen LogP contribution in [0.25, 0.3) is 5.57 Å². The first-order valence-corrected chi connectivity index (χ1v) is 9.93. The van der Waals surface area contributed by atoms with Crippen molar-refractivity contribution in [2.75, 3.05) is 0 Å². The summed E-state index contributed by atoms with van der Waals surface area (Å²) in [5.41, 5.74) is 2.39. The van der Waals surface area contributed by atoms with Gasteiger partial charge in [0.15, 0.2) is 0 Å². The molecule has 0 aliphatic heterocycles. The highest BCUT2D eigenvalue weighted by Gasteiger charge is 2.38. The van der Waals surface area contributed by atoms with Crippen LogP contribution in [0, 0.1) is 5.92 Å². The van der Waals surface area contributed by atoms with Crippen molar-refractivity contribution in [1.82, 2.24) is 0 Å². The van der Waals surface area contributed by atoms with E-state index in [1.165, 1.54) is 11.1 Å². The predicted molar refractivity (Wildman–Crippen MR) is 88.1 cm³/mol. The average Bonchev–Trinajstić information content (AvgIpc) is 2.27. The van der Waals surface area contributed by atoms with E-state index in [1.54, 1.807) is 0 Å². The van der Waals surface area contributed by atoms with Gasteiger partial charge < -0.3 is 4.43 Å². The van der Waals surface area contributed by atoms with Gasteiger partial charge >= 0.3 is 0 Å². The first kappa shape index (κ1) is 16.0. The maximum absolute atomic E-state index is 6.27. The maximum Gasteiger partial charge on any atom is 0.250 e. The molecule has 19 heavy (non-hydrogen) atoms. The Labute approximate surface area is 119 Å². The molecule has 0 spiro atoms. The van der Waals surface area contributed by atoms with E-state index in [1.807, 2.05) is 0 Å². The Hall–Kier alpha value is -1.02. The van der Waals surface area contributed by atoms with Crippen molar-refractivity contribution < 1.29 is 4.43 Å². The van der Waals surface area contributed by atoms with E-state index in [0.29, 0.717) is 5.92 Å². The Morgan fingerprint density at radius 2 is 1.58 bits per heavy atom. The summed E-state index contributed by atoms with van der Waals surface area (Å²) in [4.78, 5) is 0. The van der Waals surface area contributed by atoms with E-state index in [9.17, 15) is 0 Å². The molecule has 0 heterocycles. The molecule has 0 bridgehead atoms. The van der Waals surface area contributed by atoms with Gasteiger partial charge in [0.2, 0.25) is 8.32 Å². The van der Waals surface area contributed by atoms with Gasteiger partial charge in [0, 0.05) is 0 Å². The largest absolute Gasteiger partial charge is 0.544 e. The molecule has 0 amide bonds. The molecule has 0 saturated heterocycles. The normalized spacial score (nSPS) is 12.6. The van der Waals surface area contributed by atoms with Crippen LogP contribution in [0.2, 0.25) is 18.1 Å². The van der Waals surface area contributed by atoms with Gasteiger partial charge in [-0.25, -0.2) is 0 Å². The van der Waals surface area contributed by atoms with Crippen LogP contribution in [0.15, 0.2) is 30.8 Å². The number of rotatable bonds is 4. The molecule has 0 aromatic heterocycles. The summed E-state index contributed by atoms with van der Waals surface area (Å²) in [7, 11) is -1.73. The second kappa shape index (κ2) is 5.54. The third-order valence-corrected chi connectivity index (χ3v) is 8.46. The predicted octanol–water partition coefficient (Wildman–Crippen LogP) is 5.74. The van der Waals surface area contributed by atoms with Gasteiger partial charge in [-0.05, 0) is 47.3 Å². The molecule has 0 aliphatic rings. The first-order valence-electron chi connectivity index (χ1n) is 7.03. The highest BCUT2D eigenvalue weighted by atomic mass is 28.4. The van der Waals surface area contributed by atoms with Crippen LogP contribution in [0.3, 0.4) is 0 Å². The molecular weight excluding hydrogens is 248 g/mol. The molecule has 0 unspecified atom stereocenters. The van der Waals surface area contributed by atoms with Crippen LogP contribution in [-0.2, 0) is 0 Å². The second-order valence-electron chi connectivity index (χ2n) is 7.07. The molecule has 0 fully saturated rings. The minimum absolute atomic E-state index is 0.229. The van der Waals surface area contributed by atoms with E-state index >= 15 is 0 Å². The van der Waals surface area contributed by atoms with Crippen molar-refractivity contribution in [2.45, 2.75) is 52.8 Å². The molecule has 0 radical (unpaired) electrons. The van der Waals surface area contributed by atoms with Crippen LogP contribution in [0.5, 0.6) is 5.75 Å². The fourth-order valence-corrected chi connectivity index (χ4v) is 2.55. The third kappa shape index (κ3) is 3.97. The van der Waals surface area contributed by atoms with Gasteiger partial charge in [0.05, 0.1) is 0 Å². The minimum atomic E-state index is -1.73. The second-order valence-corrected chi connectivity index (χ2v) is 11.8. The third-order valence-electron chi connectivity index (χ3n) is 4.10. The lowest BCUT2D eigenvalue weighted by Gasteiger charge is -2.36. The minimum Gasteiger partial charge on any atom is -0.544 e. The molecule has 0 saturated carbocycles. The Morgan fingerprint density at radius 1 is 1.11 bits per heavy atom. The van der Waals surface area contributed by atoms with Crippen molar-refractivity contribution in [3.05, 3.63) is 36.4 Å². The van der Waals surface area contributed by atoms with E-state index in [4.69, 9.17) is 4.43 Å².